The fourth-order valence-electron chi connectivity index (χ4n) is 2.55. The van der Waals surface area contributed by atoms with E-state index in [0.29, 0.717) is 21.1 Å². The molecule has 138 valence electrons. The zero-order valence-electron chi connectivity index (χ0n) is 14.8. The van der Waals surface area contributed by atoms with E-state index < -0.39 is 0 Å². The highest BCUT2D eigenvalue weighted by atomic mass is 32.1. The van der Waals surface area contributed by atoms with Crippen molar-refractivity contribution in [2.45, 2.75) is 19.9 Å². The van der Waals surface area contributed by atoms with E-state index in [9.17, 15) is 9.90 Å². The van der Waals surface area contributed by atoms with Crippen molar-refractivity contribution in [2.75, 3.05) is 5.32 Å². The standard InChI is InChI=1S/C20H19N3O2S2/c1-14(24)22-17-9-7-16(8-10-17)21-13-18-19(25)23(20(26)27-18)12-11-15-5-3-2-4-6-15/h2-10,13,25H,11-12H2,1H3,(H,22,24). The lowest BCUT2D eigenvalue weighted by molar-refractivity contribution is -0.114. The van der Waals surface area contributed by atoms with Gasteiger partial charge in [-0.25, -0.2) is 0 Å². The van der Waals surface area contributed by atoms with Gasteiger partial charge in [0.1, 0.15) is 4.88 Å². The smallest absolute Gasteiger partial charge is 0.221 e. The first kappa shape index (κ1) is 19.0. The third kappa shape index (κ3) is 5.12. The Balaban J connectivity index is 1.71. The number of thiazole rings is 1. The van der Waals surface area contributed by atoms with Crippen molar-refractivity contribution >= 4 is 47.1 Å². The fraction of sp³-hybridized carbons (Fsp3) is 0.150. The Labute approximate surface area is 166 Å². The normalized spacial score (nSPS) is 11.0. The molecule has 1 heterocycles. The SMILES string of the molecule is CC(=O)Nc1ccc(N=Cc2sc(=S)n(CCc3ccccc3)c2O)cc1. The van der Waals surface area contributed by atoms with Crippen LogP contribution in [0.5, 0.6) is 5.88 Å². The number of amides is 1. The molecule has 0 saturated carbocycles. The molecule has 0 unspecified atom stereocenters. The number of benzene rings is 2. The number of aromatic hydroxyl groups is 1. The van der Waals surface area contributed by atoms with Gasteiger partial charge in [-0.3, -0.25) is 14.4 Å². The van der Waals surface area contributed by atoms with Crippen LogP contribution in [-0.2, 0) is 17.8 Å². The predicted octanol–water partition coefficient (Wildman–Crippen LogP) is 4.94. The summed E-state index contributed by atoms with van der Waals surface area (Å²) in [6, 6.07) is 17.2. The number of carbonyl (C=O) groups excluding carboxylic acids is 1. The van der Waals surface area contributed by atoms with Gasteiger partial charge in [0.2, 0.25) is 11.8 Å². The number of aliphatic imine (C=N–C) groups is 1. The van der Waals surface area contributed by atoms with Gasteiger partial charge in [-0.05, 0) is 48.5 Å². The van der Waals surface area contributed by atoms with Crippen molar-refractivity contribution in [3.8, 4) is 5.88 Å². The minimum Gasteiger partial charge on any atom is -0.493 e. The summed E-state index contributed by atoms with van der Waals surface area (Å²) >= 11 is 6.71. The second-order valence-electron chi connectivity index (χ2n) is 5.93. The van der Waals surface area contributed by atoms with Crippen molar-refractivity contribution in [1.29, 1.82) is 0 Å². The minimum atomic E-state index is -0.118. The average Bonchev–Trinajstić information content (AvgIpc) is 2.93. The van der Waals surface area contributed by atoms with Crippen LogP contribution in [0.2, 0.25) is 0 Å². The molecule has 0 saturated heterocycles. The van der Waals surface area contributed by atoms with Crippen molar-refractivity contribution in [2.24, 2.45) is 4.99 Å². The van der Waals surface area contributed by atoms with E-state index in [-0.39, 0.29) is 11.8 Å². The summed E-state index contributed by atoms with van der Waals surface area (Å²) < 4.78 is 2.35. The molecule has 2 aromatic carbocycles. The molecule has 3 rings (SSSR count). The first-order valence-electron chi connectivity index (χ1n) is 8.41. The Morgan fingerprint density at radius 2 is 1.93 bits per heavy atom. The summed E-state index contributed by atoms with van der Waals surface area (Å²) in [6.45, 7) is 2.08. The van der Waals surface area contributed by atoms with Gasteiger partial charge in [0, 0.05) is 19.2 Å². The number of rotatable bonds is 6. The van der Waals surface area contributed by atoms with Gasteiger partial charge in [-0.2, -0.15) is 0 Å². The topological polar surface area (TPSA) is 66.6 Å². The number of anilines is 1. The molecule has 27 heavy (non-hydrogen) atoms. The Morgan fingerprint density at radius 1 is 1.22 bits per heavy atom. The van der Waals surface area contributed by atoms with Crippen LogP contribution in [0.3, 0.4) is 0 Å². The molecule has 0 atom stereocenters. The molecule has 0 spiro atoms. The van der Waals surface area contributed by atoms with Crippen LogP contribution >= 0.6 is 23.6 Å². The van der Waals surface area contributed by atoms with Gasteiger partial charge in [0.05, 0.1) is 11.9 Å². The molecule has 0 aliphatic heterocycles. The maximum Gasteiger partial charge on any atom is 0.221 e. The maximum absolute atomic E-state index is 11.0. The van der Waals surface area contributed by atoms with Crippen LogP contribution in [0, 0.1) is 3.95 Å². The Morgan fingerprint density at radius 3 is 2.59 bits per heavy atom. The lowest BCUT2D eigenvalue weighted by Gasteiger charge is -2.05. The third-order valence-electron chi connectivity index (χ3n) is 3.88. The van der Waals surface area contributed by atoms with E-state index in [1.807, 2.05) is 18.2 Å². The molecule has 7 heteroatoms. The highest BCUT2D eigenvalue weighted by Crippen LogP contribution is 2.26. The van der Waals surface area contributed by atoms with Crippen molar-refractivity contribution in [3.63, 3.8) is 0 Å². The number of carbonyl (C=O) groups is 1. The van der Waals surface area contributed by atoms with E-state index in [4.69, 9.17) is 12.2 Å². The number of aryl methyl sites for hydroxylation is 1. The Kier molecular flexibility index (Phi) is 6.16. The largest absolute Gasteiger partial charge is 0.493 e. The number of nitrogens with one attached hydrogen (secondary N) is 1. The van der Waals surface area contributed by atoms with E-state index in [1.54, 1.807) is 35.0 Å². The molecular weight excluding hydrogens is 378 g/mol. The fourth-order valence-corrected chi connectivity index (χ4v) is 3.78. The molecule has 1 aromatic heterocycles. The summed E-state index contributed by atoms with van der Waals surface area (Å²) in [5.41, 5.74) is 2.63. The highest BCUT2D eigenvalue weighted by Gasteiger charge is 2.10. The molecule has 1 amide bonds. The predicted molar refractivity (Wildman–Crippen MR) is 113 cm³/mol. The Hall–Kier alpha value is -2.77. The van der Waals surface area contributed by atoms with Gasteiger partial charge < -0.3 is 10.4 Å². The van der Waals surface area contributed by atoms with Gasteiger partial charge in [0.25, 0.3) is 0 Å². The third-order valence-corrected chi connectivity index (χ3v) is 5.25. The monoisotopic (exact) mass is 397 g/mol. The highest BCUT2D eigenvalue weighted by molar-refractivity contribution is 7.73. The van der Waals surface area contributed by atoms with Gasteiger partial charge >= 0.3 is 0 Å². The van der Waals surface area contributed by atoms with Crippen LogP contribution in [0.4, 0.5) is 11.4 Å². The number of aromatic nitrogens is 1. The number of hydrogen-bond acceptors (Lipinski definition) is 5. The molecule has 3 aromatic rings. The van der Waals surface area contributed by atoms with E-state index in [0.717, 1.165) is 12.1 Å². The van der Waals surface area contributed by atoms with Crippen molar-refractivity contribution < 1.29 is 9.90 Å². The molecule has 5 nitrogen and oxygen atoms in total. The van der Waals surface area contributed by atoms with Gasteiger partial charge in [0.15, 0.2) is 3.95 Å². The van der Waals surface area contributed by atoms with E-state index in [1.165, 1.54) is 23.8 Å². The van der Waals surface area contributed by atoms with Gasteiger partial charge in [-0.1, -0.05) is 41.7 Å². The Bertz CT molecular complexity index is 1010. The second-order valence-corrected chi connectivity index (χ2v) is 7.61. The quantitative estimate of drug-likeness (QED) is 0.457. The summed E-state index contributed by atoms with van der Waals surface area (Å²) in [6.07, 6.45) is 2.41. The van der Waals surface area contributed by atoms with E-state index in [2.05, 4.69) is 22.4 Å². The van der Waals surface area contributed by atoms with E-state index >= 15 is 0 Å². The lowest BCUT2D eigenvalue weighted by Crippen LogP contribution is -2.04. The number of hydrogen-bond donors (Lipinski definition) is 2. The minimum absolute atomic E-state index is 0.118. The lowest BCUT2D eigenvalue weighted by atomic mass is 10.1. The van der Waals surface area contributed by atoms with Crippen LogP contribution in [-0.4, -0.2) is 21.8 Å². The van der Waals surface area contributed by atoms with Crippen LogP contribution in [0.1, 0.15) is 17.4 Å². The summed E-state index contributed by atoms with van der Waals surface area (Å²) in [4.78, 5) is 16.1. The number of nitrogens with zero attached hydrogens (tertiary/aromatic N) is 2. The van der Waals surface area contributed by atoms with Crippen LogP contribution in [0.25, 0.3) is 0 Å². The molecule has 2 N–H and O–H groups in total. The molecule has 0 aliphatic rings. The van der Waals surface area contributed by atoms with Crippen LogP contribution < -0.4 is 5.32 Å². The second kappa shape index (κ2) is 8.75. The first-order valence-corrected chi connectivity index (χ1v) is 9.63. The molecule has 0 fully saturated rings. The molecule has 0 aliphatic carbocycles. The molecular formula is C20H19N3O2S2. The molecule has 0 radical (unpaired) electrons. The van der Waals surface area contributed by atoms with Gasteiger partial charge in [-0.15, -0.1) is 0 Å². The maximum atomic E-state index is 11.0. The first-order chi connectivity index (χ1) is 13.0. The average molecular weight is 398 g/mol. The van der Waals surface area contributed by atoms with Crippen molar-refractivity contribution in [3.05, 3.63) is 69.0 Å². The zero-order valence-corrected chi connectivity index (χ0v) is 16.4. The molecule has 0 bridgehead atoms. The zero-order chi connectivity index (χ0) is 19.2. The summed E-state index contributed by atoms with van der Waals surface area (Å²) in [5.74, 6) is 0.0207. The summed E-state index contributed by atoms with van der Waals surface area (Å²) in [7, 11) is 0. The van der Waals surface area contributed by atoms with Crippen LogP contribution in [0.15, 0.2) is 59.6 Å². The van der Waals surface area contributed by atoms with Crippen molar-refractivity contribution in [1.82, 2.24) is 4.57 Å². The summed E-state index contributed by atoms with van der Waals surface area (Å²) in [5, 5.41) is 13.2.